The van der Waals surface area contributed by atoms with Gasteiger partial charge in [0.1, 0.15) is 6.54 Å². The smallest absolute Gasteiger partial charge is 0.244 e. The Hall–Kier alpha value is -3.65. The summed E-state index contributed by atoms with van der Waals surface area (Å²) >= 11 is 1.58. The van der Waals surface area contributed by atoms with E-state index in [1.54, 1.807) is 38.0 Å². The number of amides is 2. The van der Waals surface area contributed by atoms with Gasteiger partial charge in [0, 0.05) is 22.3 Å². The zero-order valence-corrected chi connectivity index (χ0v) is 22.8. The Labute approximate surface area is 222 Å². The monoisotopic (exact) mass is 520 g/mol. The van der Waals surface area contributed by atoms with Gasteiger partial charge in [-0.05, 0) is 61.7 Å². The van der Waals surface area contributed by atoms with E-state index in [4.69, 9.17) is 14.2 Å². The van der Waals surface area contributed by atoms with Crippen molar-refractivity contribution in [1.29, 1.82) is 0 Å². The summed E-state index contributed by atoms with van der Waals surface area (Å²) < 4.78 is 16.5. The zero-order chi connectivity index (χ0) is 26.7. The van der Waals surface area contributed by atoms with Crippen molar-refractivity contribution < 1.29 is 23.8 Å². The first-order chi connectivity index (χ1) is 17.7. The van der Waals surface area contributed by atoms with Crippen LogP contribution < -0.4 is 24.4 Å². The van der Waals surface area contributed by atoms with Crippen molar-refractivity contribution in [2.24, 2.45) is 0 Å². The lowest BCUT2D eigenvalue weighted by atomic mass is 10.0. The van der Waals surface area contributed by atoms with E-state index in [9.17, 15) is 9.59 Å². The number of ether oxygens (including phenoxy) is 3. The maximum atomic E-state index is 13.6. The van der Waals surface area contributed by atoms with Crippen molar-refractivity contribution >= 4 is 35.0 Å². The Bertz CT molecular complexity index is 1290. The van der Waals surface area contributed by atoms with E-state index in [1.165, 1.54) is 0 Å². The van der Waals surface area contributed by atoms with Crippen molar-refractivity contribution in [2.75, 3.05) is 38.1 Å². The number of carbonyl (C=O) groups is 2. The number of carbonyl (C=O) groups excluding carboxylic acids is 2. The van der Waals surface area contributed by atoms with Crippen LogP contribution in [-0.4, -0.2) is 39.7 Å². The van der Waals surface area contributed by atoms with Gasteiger partial charge >= 0.3 is 0 Å². The van der Waals surface area contributed by atoms with Crippen molar-refractivity contribution in [3.05, 3.63) is 70.8 Å². The number of anilines is 2. The Morgan fingerprint density at radius 1 is 0.973 bits per heavy atom. The molecule has 0 aliphatic carbocycles. The Kier molecular flexibility index (Phi) is 7.97. The number of benzene rings is 3. The molecular weight excluding hydrogens is 488 g/mol. The number of hydrogen-bond acceptors (Lipinski definition) is 6. The number of rotatable bonds is 7. The molecule has 0 spiro atoms. The van der Waals surface area contributed by atoms with Crippen LogP contribution in [0.3, 0.4) is 0 Å². The molecule has 1 aliphatic rings. The maximum Gasteiger partial charge on any atom is 0.244 e. The van der Waals surface area contributed by atoms with Gasteiger partial charge in [0.25, 0.3) is 0 Å². The van der Waals surface area contributed by atoms with Gasteiger partial charge in [0.15, 0.2) is 11.5 Å². The molecule has 1 N–H and O–H groups in total. The molecule has 194 valence electrons. The lowest BCUT2D eigenvalue weighted by Gasteiger charge is -2.23. The molecule has 7 nitrogen and oxygen atoms in total. The molecule has 0 aromatic heterocycles. The number of fused-ring (bicyclic) bond motifs is 1. The first kappa shape index (κ1) is 26.4. The van der Waals surface area contributed by atoms with Gasteiger partial charge in [-0.1, -0.05) is 29.8 Å². The minimum absolute atomic E-state index is 0.0782. The number of methoxy groups -OCH3 is 3. The highest BCUT2D eigenvalue weighted by atomic mass is 32.2. The average Bonchev–Trinajstić information content (AvgIpc) is 3.01. The van der Waals surface area contributed by atoms with Gasteiger partial charge in [-0.15, -0.1) is 11.8 Å². The highest BCUT2D eigenvalue weighted by Crippen LogP contribution is 2.49. The van der Waals surface area contributed by atoms with Crippen LogP contribution in [0.25, 0.3) is 0 Å². The van der Waals surface area contributed by atoms with E-state index in [-0.39, 0.29) is 30.0 Å². The van der Waals surface area contributed by atoms with E-state index < -0.39 is 0 Å². The molecule has 3 aromatic carbocycles. The molecule has 0 fully saturated rings. The van der Waals surface area contributed by atoms with Gasteiger partial charge in [-0.25, -0.2) is 0 Å². The molecule has 0 radical (unpaired) electrons. The summed E-state index contributed by atoms with van der Waals surface area (Å²) in [4.78, 5) is 29.3. The number of para-hydroxylation sites is 1. The van der Waals surface area contributed by atoms with E-state index in [2.05, 4.69) is 5.32 Å². The molecule has 1 unspecified atom stereocenters. The second-order valence-electron chi connectivity index (χ2n) is 9.04. The molecule has 0 saturated heterocycles. The molecular formula is C29H32N2O5S. The van der Waals surface area contributed by atoms with Crippen LogP contribution in [0, 0.1) is 20.8 Å². The van der Waals surface area contributed by atoms with Crippen molar-refractivity contribution in [1.82, 2.24) is 0 Å². The summed E-state index contributed by atoms with van der Waals surface area (Å²) in [6, 6.07) is 15.5. The summed E-state index contributed by atoms with van der Waals surface area (Å²) in [5, 5.41) is 2.81. The third-order valence-electron chi connectivity index (χ3n) is 6.39. The van der Waals surface area contributed by atoms with Crippen LogP contribution in [0.5, 0.6) is 17.2 Å². The van der Waals surface area contributed by atoms with E-state index in [1.807, 2.05) is 69.3 Å². The first-order valence-corrected chi connectivity index (χ1v) is 12.9. The standard InChI is InChI=1S/C29H32N2O5S/c1-17-11-18(2)28(19(3)12-17)30-26(32)16-31-21-9-7-8-10-24(21)37-25(15-27(31)33)20-13-22(34-4)29(36-6)23(14-20)35-5/h7-14,25H,15-16H2,1-6H3,(H,30,32). The summed E-state index contributed by atoms with van der Waals surface area (Å²) in [5.41, 5.74) is 5.51. The van der Waals surface area contributed by atoms with E-state index in [0.29, 0.717) is 17.2 Å². The minimum Gasteiger partial charge on any atom is -0.493 e. The summed E-state index contributed by atoms with van der Waals surface area (Å²) in [6.07, 6.45) is 0.202. The number of hydrogen-bond donors (Lipinski definition) is 1. The molecule has 0 bridgehead atoms. The molecule has 1 aliphatic heterocycles. The molecule has 4 rings (SSSR count). The fraction of sp³-hybridized carbons (Fsp3) is 0.310. The molecule has 1 atom stereocenters. The average molecular weight is 521 g/mol. The zero-order valence-electron chi connectivity index (χ0n) is 22.0. The van der Waals surface area contributed by atoms with Crippen LogP contribution in [0.1, 0.15) is 33.9 Å². The highest BCUT2D eigenvalue weighted by Gasteiger charge is 2.31. The second-order valence-corrected chi connectivity index (χ2v) is 10.3. The normalized spacial score (nSPS) is 15.0. The topological polar surface area (TPSA) is 77.1 Å². The lowest BCUT2D eigenvalue weighted by molar-refractivity contribution is -0.121. The van der Waals surface area contributed by atoms with Gasteiger partial charge in [-0.2, -0.15) is 0 Å². The van der Waals surface area contributed by atoms with Crippen molar-refractivity contribution in [3.63, 3.8) is 0 Å². The van der Waals surface area contributed by atoms with Gasteiger partial charge in [-0.3, -0.25) is 9.59 Å². The largest absolute Gasteiger partial charge is 0.493 e. The van der Waals surface area contributed by atoms with Crippen molar-refractivity contribution in [2.45, 2.75) is 37.3 Å². The van der Waals surface area contributed by atoms with E-state index >= 15 is 0 Å². The van der Waals surface area contributed by atoms with E-state index in [0.717, 1.165) is 38.5 Å². The van der Waals surface area contributed by atoms with Crippen LogP contribution in [0.2, 0.25) is 0 Å². The minimum atomic E-state index is -0.241. The van der Waals surface area contributed by atoms with Gasteiger partial charge in [0.2, 0.25) is 17.6 Å². The SMILES string of the molecule is COc1cc(C2CC(=O)N(CC(=O)Nc3c(C)cc(C)cc3C)c3ccccc3S2)cc(OC)c1OC. The summed E-state index contributed by atoms with van der Waals surface area (Å²) in [5.74, 6) is 1.18. The Morgan fingerprint density at radius 2 is 1.59 bits per heavy atom. The first-order valence-electron chi connectivity index (χ1n) is 12.0. The number of nitrogens with zero attached hydrogens (tertiary/aromatic N) is 1. The summed E-state index contributed by atoms with van der Waals surface area (Å²) in [7, 11) is 4.70. The van der Waals surface area contributed by atoms with Crippen LogP contribution in [0.15, 0.2) is 53.4 Å². The Morgan fingerprint density at radius 3 is 2.19 bits per heavy atom. The van der Waals surface area contributed by atoms with Crippen LogP contribution in [-0.2, 0) is 9.59 Å². The number of aryl methyl sites for hydroxylation is 3. The quantitative estimate of drug-likeness (QED) is 0.421. The second kappa shape index (κ2) is 11.2. The molecule has 3 aromatic rings. The lowest BCUT2D eigenvalue weighted by Crippen LogP contribution is -2.38. The fourth-order valence-corrected chi connectivity index (χ4v) is 5.98. The molecule has 8 heteroatoms. The number of nitrogens with one attached hydrogen (secondary N) is 1. The fourth-order valence-electron chi connectivity index (χ4n) is 4.72. The molecule has 2 amide bonds. The summed E-state index contributed by atoms with van der Waals surface area (Å²) in [6.45, 7) is 5.90. The van der Waals surface area contributed by atoms with Gasteiger partial charge < -0.3 is 24.4 Å². The van der Waals surface area contributed by atoms with Crippen LogP contribution in [0.4, 0.5) is 11.4 Å². The van der Waals surface area contributed by atoms with Gasteiger partial charge in [0.05, 0.1) is 27.0 Å². The van der Waals surface area contributed by atoms with Crippen LogP contribution >= 0.6 is 11.8 Å². The third kappa shape index (κ3) is 5.54. The van der Waals surface area contributed by atoms with Crippen molar-refractivity contribution in [3.8, 4) is 17.2 Å². The molecule has 0 saturated carbocycles. The third-order valence-corrected chi connectivity index (χ3v) is 7.71. The predicted octanol–water partition coefficient (Wildman–Crippen LogP) is 5.85. The molecule has 37 heavy (non-hydrogen) atoms. The highest BCUT2D eigenvalue weighted by molar-refractivity contribution is 7.99. The maximum absolute atomic E-state index is 13.6. The molecule has 1 heterocycles. The predicted molar refractivity (Wildman–Crippen MR) is 147 cm³/mol. The Balaban J connectivity index is 1.64. The number of thioether (sulfide) groups is 1.